The number of carbonyl (C=O) groups excluding carboxylic acids is 2. The fourth-order valence-electron chi connectivity index (χ4n) is 3.54. The molecule has 1 amide bonds. The summed E-state index contributed by atoms with van der Waals surface area (Å²) in [6.45, 7) is 4.35. The van der Waals surface area contributed by atoms with Crippen LogP contribution in [-0.2, 0) is 14.3 Å². The number of piperazine rings is 1. The van der Waals surface area contributed by atoms with Gasteiger partial charge in [0, 0.05) is 38.4 Å². The van der Waals surface area contributed by atoms with Crippen LogP contribution in [0.15, 0.2) is 30.3 Å². The quantitative estimate of drug-likeness (QED) is 0.770. The van der Waals surface area contributed by atoms with E-state index in [1.807, 2.05) is 35.2 Å². The number of anilines is 1. The van der Waals surface area contributed by atoms with Crippen LogP contribution in [-0.4, -0.2) is 74.1 Å². The summed E-state index contributed by atoms with van der Waals surface area (Å²) in [6.07, 6.45) is 1.94. The molecule has 0 saturated carbocycles. The summed E-state index contributed by atoms with van der Waals surface area (Å²) in [5.41, 5.74) is 0.983. The number of amides is 1. The van der Waals surface area contributed by atoms with Crippen molar-refractivity contribution >= 4 is 17.6 Å². The van der Waals surface area contributed by atoms with E-state index in [1.165, 1.54) is 7.11 Å². The van der Waals surface area contributed by atoms with Gasteiger partial charge in [-0.15, -0.1) is 0 Å². The van der Waals surface area contributed by atoms with Crippen molar-refractivity contribution in [3.05, 3.63) is 30.3 Å². The van der Waals surface area contributed by atoms with E-state index in [2.05, 4.69) is 9.80 Å². The van der Waals surface area contributed by atoms with E-state index in [0.717, 1.165) is 51.3 Å². The first-order valence-corrected chi connectivity index (χ1v) is 8.58. The molecule has 0 unspecified atom stereocenters. The summed E-state index contributed by atoms with van der Waals surface area (Å²) in [6, 6.07) is 9.86. The number of ether oxygens (including phenoxy) is 1. The second-order valence-electron chi connectivity index (χ2n) is 6.37. The lowest BCUT2D eigenvalue weighted by molar-refractivity contribution is -0.142. The molecule has 0 bridgehead atoms. The molecule has 2 saturated heterocycles. The molecule has 0 spiro atoms. The fourth-order valence-corrected chi connectivity index (χ4v) is 3.54. The summed E-state index contributed by atoms with van der Waals surface area (Å²) in [7, 11) is 1.41. The molecule has 2 fully saturated rings. The standard InChI is InChI=1S/C18H25N3O3/c1-24-17(22)14-19-10-12-20(13-11-19)16-8-5-9-21(18(16)23)15-6-3-2-4-7-15/h2-4,6-7,16H,5,8-14H2,1H3/t16-/m1/s1. The maximum absolute atomic E-state index is 12.9. The van der Waals surface area contributed by atoms with E-state index >= 15 is 0 Å². The molecule has 0 aliphatic carbocycles. The second kappa shape index (κ2) is 7.77. The van der Waals surface area contributed by atoms with Crippen LogP contribution in [0.1, 0.15) is 12.8 Å². The molecule has 3 rings (SSSR count). The lowest BCUT2D eigenvalue weighted by Gasteiger charge is -2.42. The molecule has 6 heteroatoms. The smallest absolute Gasteiger partial charge is 0.319 e. The Kier molecular flexibility index (Phi) is 5.48. The van der Waals surface area contributed by atoms with Crippen LogP contribution in [0, 0.1) is 0 Å². The van der Waals surface area contributed by atoms with Crippen LogP contribution < -0.4 is 4.90 Å². The first kappa shape index (κ1) is 16.9. The second-order valence-corrected chi connectivity index (χ2v) is 6.37. The van der Waals surface area contributed by atoms with E-state index < -0.39 is 0 Å². The van der Waals surface area contributed by atoms with Gasteiger partial charge in [0.15, 0.2) is 0 Å². The predicted octanol–water partition coefficient (Wildman–Crippen LogP) is 0.973. The van der Waals surface area contributed by atoms with Crippen molar-refractivity contribution < 1.29 is 14.3 Å². The van der Waals surface area contributed by atoms with Gasteiger partial charge >= 0.3 is 5.97 Å². The molecule has 1 atom stereocenters. The van der Waals surface area contributed by atoms with Crippen LogP contribution in [0.5, 0.6) is 0 Å². The summed E-state index contributed by atoms with van der Waals surface area (Å²) < 4.78 is 4.72. The zero-order chi connectivity index (χ0) is 16.9. The van der Waals surface area contributed by atoms with Crippen molar-refractivity contribution in [3.63, 3.8) is 0 Å². The highest BCUT2D eigenvalue weighted by Crippen LogP contribution is 2.24. The number of piperidine rings is 1. The lowest BCUT2D eigenvalue weighted by Crippen LogP contribution is -2.58. The van der Waals surface area contributed by atoms with Gasteiger partial charge in [-0.2, -0.15) is 0 Å². The van der Waals surface area contributed by atoms with Crippen LogP contribution in [0.2, 0.25) is 0 Å². The monoisotopic (exact) mass is 331 g/mol. The molecule has 0 radical (unpaired) electrons. The van der Waals surface area contributed by atoms with Crippen molar-refractivity contribution in [2.45, 2.75) is 18.9 Å². The first-order valence-electron chi connectivity index (χ1n) is 8.58. The van der Waals surface area contributed by atoms with E-state index in [9.17, 15) is 9.59 Å². The first-order chi connectivity index (χ1) is 11.7. The van der Waals surface area contributed by atoms with E-state index in [4.69, 9.17) is 4.74 Å². The van der Waals surface area contributed by atoms with Gasteiger partial charge in [0.1, 0.15) is 0 Å². The highest BCUT2D eigenvalue weighted by molar-refractivity contribution is 5.97. The lowest BCUT2D eigenvalue weighted by atomic mass is 10.0. The highest BCUT2D eigenvalue weighted by atomic mass is 16.5. The van der Waals surface area contributed by atoms with Crippen molar-refractivity contribution in [1.29, 1.82) is 0 Å². The van der Waals surface area contributed by atoms with E-state index in [1.54, 1.807) is 0 Å². The highest BCUT2D eigenvalue weighted by Gasteiger charge is 2.35. The van der Waals surface area contributed by atoms with Crippen molar-refractivity contribution in [1.82, 2.24) is 9.80 Å². The molecule has 24 heavy (non-hydrogen) atoms. The van der Waals surface area contributed by atoms with Crippen LogP contribution in [0.3, 0.4) is 0 Å². The van der Waals surface area contributed by atoms with Gasteiger partial charge < -0.3 is 9.64 Å². The molecular formula is C18H25N3O3. The predicted molar refractivity (Wildman–Crippen MR) is 91.8 cm³/mol. The zero-order valence-electron chi connectivity index (χ0n) is 14.2. The third-order valence-corrected chi connectivity index (χ3v) is 4.91. The molecule has 0 aromatic heterocycles. The van der Waals surface area contributed by atoms with E-state index in [0.29, 0.717) is 6.54 Å². The third kappa shape index (κ3) is 3.76. The average molecular weight is 331 g/mol. The number of esters is 1. The summed E-state index contributed by atoms with van der Waals surface area (Å²) in [5, 5.41) is 0. The molecular weight excluding hydrogens is 306 g/mol. The minimum Gasteiger partial charge on any atom is -0.468 e. The molecule has 1 aromatic carbocycles. The number of para-hydroxylation sites is 1. The van der Waals surface area contributed by atoms with Gasteiger partial charge in [-0.3, -0.25) is 19.4 Å². The Morgan fingerprint density at radius 1 is 1.12 bits per heavy atom. The van der Waals surface area contributed by atoms with Gasteiger partial charge in [0.05, 0.1) is 19.7 Å². The minimum absolute atomic E-state index is 0.0424. The maximum Gasteiger partial charge on any atom is 0.319 e. The van der Waals surface area contributed by atoms with E-state index in [-0.39, 0.29) is 17.9 Å². The van der Waals surface area contributed by atoms with Crippen molar-refractivity contribution in [2.24, 2.45) is 0 Å². The normalized spacial score (nSPS) is 23.3. The van der Waals surface area contributed by atoms with Crippen LogP contribution in [0.4, 0.5) is 5.69 Å². The number of nitrogens with zero attached hydrogens (tertiary/aromatic N) is 3. The summed E-state index contributed by atoms with van der Waals surface area (Å²) in [4.78, 5) is 30.6. The van der Waals surface area contributed by atoms with Gasteiger partial charge in [0.25, 0.3) is 0 Å². The maximum atomic E-state index is 12.9. The van der Waals surface area contributed by atoms with Crippen LogP contribution in [0.25, 0.3) is 0 Å². The molecule has 2 aliphatic rings. The van der Waals surface area contributed by atoms with Crippen molar-refractivity contribution in [3.8, 4) is 0 Å². The Labute approximate surface area is 143 Å². The number of carbonyl (C=O) groups is 2. The summed E-state index contributed by atoms with van der Waals surface area (Å²) >= 11 is 0. The molecule has 2 heterocycles. The molecule has 0 N–H and O–H groups in total. The Morgan fingerprint density at radius 3 is 2.50 bits per heavy atom. The molecule has 6 nitrogen and oxygen atoms in total. The SMILES string of the molecule is COC(=O)CN1CCN([C@@H]2CCCN(c3ccccc3)C2=O)CC1. The average Bonchev–Trinajstić information content (AvgIpc) is 2.63. The number of rotatable bonds is 4. The number of benzene rings is 1. The number of hydrogen-bond acceptors (Lipinski definition) is 5. The minimum atomic E-state index is -0.201. The van der Waals surface area contributed by atoms with Gasteiger partial charge in [0.2, 0.25) is 5.91 Å². The topological polar surface area (TPSA) is 53.1 Å². The Hall–Kier alpha value is -1.92. The van der Waals surface area contributed by atoms with Crippen LogP contribution >= 0.6 is 0 Å². The summed E-state index contributed by atoms with van der Waals surface area (Å²) in [5.74, 6) is 0.00122. The third-order valence-electron chi connectivity index (χ3n) is 4.91. The van der Waals surface area contributed by atoms with Gasteiger partial charge in [-0.05, 0) is 25.0 Å². The Morgan fingerprint density at radius 2 is 1.83 bits per heavy atom. The fraction of sp³-hybridized carbons (Fsp3) is 0.556. The van der Waals surface area contributed by atoms with Gasteiger partial charge in [-0.1, -0.05) is 18.2 Å². The largest absolute Gasteiger partial charge is 0.468 e. The Bertz CT molecular complexity index is 570. The zero-order valence-corrected chi connectivity index (χ0v) is 14.2. The molecule has 2 aliphatic heterocycles. The molecule has 1 aromatic rings. The van der Waals surface area contributed by atoms with Gasteiger partial charge in [-0.25, -0.2) is 0 Å². The number of hydrogen-bond donors (Lipinski definition) is 0. The van der Waals surface area contributed by atoms with Crippen molar-refractivity contribution in [2.75, 3.05) is 51.3 Å². The Balaban J connectivity index is 1.59. The number of methoxy groups -OCH3 is 1. The molecule has 130 valence electrons.